The molecule has 2 aliphatic heterocycles. The molecule has 2 saturated heterocycles. The van der Waals surface area contributed by atoms with Gasteiger partial charge in [0, 0.05) is 24.2 Å². The van der Waals surface area contributed by atoms with Gasteiger partial charge in [-0.1, -0.05) is 30.0 Å². The molecule has 0 aliphatic carbocycles. The molecule has 5 rings (SSSR count). The molecule has 2 aromatic carbocycles. The van der Waals surface area contributed by atoms with Gasteiger partial charge in [-0.3, -0.25) is 9.59 Å². The third-order valence-electron chi connectivity index (χ3n) is 6.32. The minimum Gasteiger partial charge on any atom is -0.479 e. The molecule has 0 bridgehead atoms. The van der Waals surface area contributed by atoms with Crippen LogP contribution in [0.1, 0.15) is 24.5 Å². The van der Waals surface area contributed by atoms with Crippen LogP contribution in [0.2, 0.25) is 0 Å². The van der Waals surface area contributed by atoms with E-state index in [1.807, 2.05) is 6.07 Å². The first-order valence-corrected chi connectivity index (χ1v) is 11.2. The molecule has 2 fully saturated rings. The molecule has 0 spiro atoms. The van der Waals surface area contributed by atoms with E-state index in [4.69, 9.17) is 0 Å². The second-order valence-corrected chi connectivity index (χ2v) is 8.72. The molecule has 37 heavy (non-hydrogen) atoms. The predicted molar refractivity (Wildman–Crippen MR) is 127 cm³/mol. The second-order valence-electron chi connectivity index (χ2n) is 8.72. The number of carbonyl (C=O) groups excluding carboxylic acids is 3. The van der Waals surface area contributed by atoms with Crippen molar-refractivity contribution in [1.29, 1.82) is 0 Å². The van der Waals surface area contributed by atoms with E-state index in [-0.39, 0.29) is 24.3 Å². The number of piperazine rings is 1. The van der Waals surface area contributed by atoms with Gasteiger partial charge < -0.3 is 14.9 Å². The van der Waals surface area contributed by atoms with E-state index >= 15 is 8.78 Å². The van der Waals surface area contributed by atoms with Gasteiger partial charge in [-0.25, -0.2) is 28.4 Å². The lowest BCUT2D eigenvalue weighted by molar-refractivity contribution is -0.137. The number of imide groups is 1. The SMILES string of the molecule is CC12CC(=O)N(c3c(F)cc(C#Cc4ccccc4)cc3F)C(=O)N1CCN(c1cnc(O)nc1)C2=O. The summed E-state index contributed by atoms with van der Waals surface area (Å²) in [5.74, 6) is 1.70. The van der Waals surface area contributed by atoms with Gasteiger partial charge in [0.2, 0.25) is 5.91 Å². The molecule has 3 aromatic rings. The van der Waals surface area contributed by atoms with Crippen LogP contribution in [0.5, 0.6) is 6.01 Å². The molecule has 1 atom stereocenters. The highest BCUT2D eigenvalue weighted by Crippen LogP contribution is 2.38. The summed E-state index contributed by atoms with van der Waals surface area (Å²) in [4.78, 5) is 50.0. The Morgan fingerprint density at radius 1 is 0.946 bits per heavy atom. The summed E-state index contributed by atoms with van der Waals surface area (Å²) in [5.41, 5.74) is -1.45. The average Bonchev–Trinajstić information content (AvgIpc) is 2.87. The minimum atomic E-state index is -1.59. The van der Waals surface area contributed by atoms with Crippen molar-refractivity contribution in [2.75, 3.05) is 22.9 Å². The van der Waals surface area contributed by atoms with E-state index in [0.29, 0.717) is 10.5 Å². The summed E-state index contributed by atoms with van der Waals surface area (Å²) in [6.07, 6.45) is 1.98. The highest BCUT2D eigenvalue weighted by Gasteiger charge is 2.56. The van der Waals surface area contributed by atoms with Crippen LogP contribution < -0.4 is 9.80 Å². The summed E-state index contributed by atoms with van der Waals surface area (Å²) in [6, 6.07) is 9.28. The number of amides is 4. The molecule has 9 nitrogen and oxygen atoms in total. The Labute approximate surface area is 210 Å². The largest absolute Gasteiger partial charge is 0.479 e. The second kappa shape index (κ2) is 8.98. The van der Waals surface area contributed by atoms with Crippen molar-refractivity contribution in [2.45, 2.75) is 18.9 Å². The fourth-order valence-corrected chi connectivity index (χ4v) is 4.47. The highest BCUT2D eigenvalue weighted by molar-refractivity contribution is 6.20. The van der Waals surface area contributed by atoms with Crippen LogP contribution in [0.25, 0.3) is 0 Å². The van der Waals surface area contributed by atoms with E-state index in [9.17, 15) is 19.5 Å². The Kier molecular flexibility index (Phi) is 5.79. The van der Waals surface area contributed by atoms with E-state index in [2.05, 4.69) is 21.8 Å². The zero-order valence-electron chi connectivity index (χ0n) is 19.5. The van der Waals surface area contributed by atoms with E-state index in [0.717, 1.165) is 17.0 Å². The van der Waals surface area contributed by atoms with Gasteiger partial charge in [0.15, 0.2) is 11.6 Å². The molecular weight excluding hydrogens is 484 g/mol. The van der Waals surface area contributed by atoms with Gasteiger partial charge in [-0.05, 0) is 31.2 Å². The molecule has 1 N–H and O–H groups in total. The zero-order valence-corrected chi connectivity index (χ0v) is 19.5. The van der Waals surface area contributed by atoms with Crippen molar-refractivity contribution in [2.24, 2.45) is 0 Å². The summed E-state index contributed by atoms with van der Waals surface area (Å²) in [7, 11) is 0. The third kappa shape index (κ3) is 4.12. The predicted octanol–water partition coefficient (Wildman–Crippen LogP) is 2.82. The number of hydrogen-bond donors (Lipinski definition) is 1. The molecule has 1 aromatic heterocycles. The Morgan fingerprint density at radius 3 is 2.22 bits per heavy atom. The van der Waals surface area contributed by atoms with Gasteiger partial charge in [0.25, 0.3) is 5.91 Å². The maximum absolute atomic E-state index is 15.1. The van der Waals surface area contributed by atoms with Gasteiger partial charge in [-0.15, -0.1) is 0 Å². The van der Waals surface area contributed by atoms with Crippen molar-refractivity contribution in [3.05, 3.63) is 77.6 Å². The molecule has 1 unspecified atom stereocenters. The van der Waals surface area contributed by atoms with Crippen LogP contribution in [0.4, 0.5) is 25.0 Å². The smallest absolute Gasteiger partial charge is 0.332 e. The lowest BCUT2D eigenvalue weighted by atomic mass is 9.88. The monoisotopic (exact) mass is 503 g/mol. The maximum atomic E-state index is 15.1. The molecule has 4 amide bonds. The van der Waals surface area contributed by atoms with Gasteiger partial charge in [0.1, 0.15) is 11.2 Å². The molecular formula is C26H19F2N5O4. The van der Waals surface area contributed by atoms with Gasteiger partial charge >= 0.3 is 12.0 Å². The standard InChI is InChI=1S/C26H19F2N5O4/c1-26-13-21(34)33(22-19(27)11-17(12-20(22)28)8-7-16-5-3-2-4-6-16)25(37)32(26)10-9-31(23(26)35)18-14-29-24(36)30-15-18/h2-6,11-12,14-15H,9-10,13H2,1H3,(H,29,30,36). The quantitative estimate of drug-likeness (QED) is 0.539. The van der Waals surface area contributed by atoms with Gasteiger partial charge in [0.05, 0.1) is 24.5 Å². The average molecular weight is 503 g/mol. The minimum absolute atomic E-state index is 0.0183. The third-order valence-corrected chi connectivity index (χ3v) is 6.32. The number of urea groups is 1. The Morgan fingerprint density at radius 2 is 1.57 bits per heavy atom. The fraction of sp³-hybridized carbons (Fsp3) is 0.192. The fourth-order valence-electron chi connectivity index (χ4n) is 4.47. The number of aromatic hydroxyl groups is 1. The van der Waals surface area contributed by atoms with Gasteiger partial charge in [-0.2, -0.15) is 0 Å². The van der Waals surface area contributed by atoms with Crippen molar-refractivity contribution in [3.63, 3.8) is 0 Å². The first kappa shape index (κ1) is 23.9. The molecule has 3 heterocycles. The van der Waals surface area contributed by atoms with Crippen molar-refractivity contribution < 1.29 is 28.3 Å². The van der Waals surface area contributed by atoms with E-state index in [1.54, 1.807) is 24.3 Å². The molecule has 0 radical (unpaired) electrons. The Bertz CT molecular complexity index is 1460. The van der Waals surface area contributed by atoms with Crippen LogP contribution in [-0.4, -0.2) is 56.4 Å². The van der Waals surface area contributed by atoms with Crippen molar-refractivity contribution in [3.8, 4) is 17.9 Å². The van der Waals surface area contributed by atoms with Crippen LogP contribution >= 0.6 is 0 Å². The molecule has 0 saturated carbocycles. The number of benzene rings is 2. The Balaban J connectivity index is 1.44. The van der Waals surface area contributed by atoms with Crippen LogP contribution in [0.3, 0.4) is 0 Å². The van der Waals surface area contributed by atoms with Crippen LogP contribution in [-0.2, 0) is 9.59 Å². The summed E-state index contributed by atoms with van der Waals surface area (Å²) in [5, 5.41) is 9.31. The number of aromatic nitrogens is 2. The first-order chi connectivity index (χ1) is 17.7. The summed E-state index contributed by atoms with van der Waals surface area (Å²) >= 11 is 0. The number of nitrogens with zero attached hydrogens (tertiary/aromatic N) is 5. The van der Waals surface area contributed by atoms with Crippen molar-refractivity contribution >= 4 is 29.2 Å². The van der Waals surface area contributed by atoms with Crippen LogP contribution in [0.15, 0.2) is 54.9 Å². The zero-order chi connectivity index (χ0) is 26.3. The first-order valence-electron chi connectivity index (χ1n) is 11.2. The molecule has 186 valence electrons. The van der Waals surface area contributed by atoms with E-state index < -0.39 is 53.1 Å². The Hall–Kier alpha value is -4.85. The molecule has 11 heteroatoms. The van der Waals surface area contributed by atoms with Crippen LogP contribution in [0, 0.1) is 23.5 Å². The normalized spacial score (nSPS) is 19.4. The number of rotatable bonds is 2. The topological polar surface area (TPSA) is 107 Å². The maximum Gasteiger partial charge on any atom is 0.332 e. The number of carbonyl (C=O) groups is 3. The number of hydrogen-bond acceptors (Lipinski definition) is 6. The summed E-state index contributed by atoms with van der Waals surface area (Å²) < 4.78 is 30.2. The van der Waals surface area contributed by atoms with Crippen molar-refractivity contribution in [1.82, 2.24) is 14.9 Å². The number of halogens is 2. The molecule has 2 aliphatic rings. The number of fused-ring (bicyclic) bond motifs is 1. The number of anilines is 2. The van der Waals surface area contributed by atoms with E-state index in [1.165, 1.54) is 24.2 Å². The lowest BCUT2D eigenvalue weighted by Gasteiger charge is -2.51. The lowest BCUT2D eigenvalue weighted by Crippen LogP contribution is -2.73. The summed E-state index contributed by atoms with van der Waals surface area (Å²) in [6.45, 7) is 1.43. The highest BCUT2D eigenvalue weighted by atomic mass is 19.1.